The standard InChI is InChI=1S/C25H23BrN4O4S/c1-15-4-10-20(12-16(15)2)30(35(3,33)34)14-17-5-7-18(8-6-17)24(31)29-28-23-21-13-19(26)9-11-22(21)27-25(23)32/h4-13,27,32H,14H2,1-3H3. The number of anilines is 1. The molecular formula is C25H23BrN4O4S. The molecule has 0 bridgehead atoms. The van der Waals surface area contributed by atoms with Crippen molar-refractivity contribution in [3.63, 3.8) is 0 Å². The van der Waals surface area contributed by atoms with Crippen molar-refractivity contribution < 1.29 is 18.3 Å². The molecule has 3 aromatic carbocycles. The van der Waals surface area contributed by atoms with Gasteiger partial charge in [0, 0.05) is 15.4 Å². The first-order valence-corrected chi connectivity index (χ1v) is 13.3. The van der Waals surface area contributed by atoms with Crippen molar-refractivity contribution in [1.29, 1.82) is 0 Å². The molecule has 0 saturated heterocycles. The van der Waals surface area contributed by atoms with E-state index in [2.05, 4.69) is 31.1 Å². The van der Waals surface area contributed by atoms with Crippen LogP contribution in [0.3, 0.4) is 0 Å². The molecule has 0 radical (unpaired) electrons. The van der Waals surface area contributed by atoms with Gasteiger partial charge in [0.1, 0.15) is 0 Å². The van der Waals surface area contributed by atoms with E-state index in [1.54, 1.807) is 42.5 Å². The summed E-state index contributed by atoms with van der Waals surface area (Å²) in [6.45, 7) is 4.02. The van der Waals surface area contributed by atoms with Crippen molar-refractivity contribution in [3.8, 4) is 5.88 Å². The predicted molar refractivity (Wildman–Crippen MR) is 140 cm³/mol. The number of aryl methyl sites for hydroxylation is 2. The number of nitrogens with zero attached hydrogens (tertiary/aromatic N) is 3. The Balaban J connectivity index is 1.54. The van der Waals surface area contributed by atoms with Crippen molar-refractivity contribution in [2.75, 3.05) is 10.6 Å². The highest BCUT2D eigenvalue weighted by Gasteiger charge is 2.19. The lowest BCUT2D eigenvalue weighted by Gasteiger charge is -2.23. The first-order chi connectivity index (χ1) is 16.5. The van der Waals surface area contributed by atoms with Crippen LogP contribution in [-0.2, 0) is 16.6 Å². The molecule has 0 saturated carbocycles. The second-order valence-corrected chi connectivity index (χ2v) is 11.1. The summed E-state index contributed by atoms with van der Waals surface area (Å²) in [5.41, 5.74) is 4.48. The van der Waals surface area contributed by atoms with Gasteiger partial charge < -0.3 is 10.1 Å². The van der Waals surface area contributed by atoms with E-state index < -0.39 is 15.9 Å². The molecular weight excluding hydrogens is 532 g/mol. The fourth-order valence-electron chi connectivity index (χ4n) is 3.59. The van der Waals surface area contributed by atoms with Crippen LogP contribution >= 0.6 is 15.9 Å². The number of amides is 1. The molecule has 1 aromatic heterocycles. The zero-order chi connectivity index (χ0) is 25.3. The Morgan fingerprint density at radius 3 is 2.40 bits per heavy atom. The number of sulfonamides is 1. The summed E-state index contributed by atoms with van der Waals surface area (Å²) in [7, 11) is -3.53. The van der Waals surface area contributed by atoms with Gasteiger partial charge in [-0.3, -0.25) is 9.10 Å². The first-order valence-electron chi connectivity index (χ1n) is 10.6. The van der Waals surface area contributed by atoms with Gasteiger partial charge in [-0.05, 0) is 73.0 Å². The monoisotopic (exact) mass is 554 g/mol. The lowest BCUT2D eigenvalue weighted by atomic mass is 10.1. The molecule has 1 amide bonds. The number of H-pyrrole nitrogens is 1. The maximum absolute atomic E-state index is 12.6. The fraction of sp³-hybridized carbons (Fsp3) is 0.160. The Morgan fingerprint density at radius 2 is 1.74 bits per heavy atom. The zero-order valence-electron chi connectivity index (χ0n) is 19.3. The van der Waals surface area contributed by atoms with Crippen LogP contribution in [0, 0.1) is 13.8 Å². The Bertz CT molecular complexity index is 1560. The summed E-state index contributed by atoms with van der Waals surface area (Å²) in [5, 5.41) is 18.5. The summed E-state index contributed by atoms with van der Waals surface area (Å²) in [6.07, 6.45) is 1.17. The van der Waals surface area contributed by atoms with E-state index >= 15 is 0 Å². The second kappa shape index (κ2) is 9.63. The maximum Gasteiger partial charge on any atom is 0.295 e. The van der Waals surface area contributed by atoms with E-state index in [1.165, 1.54) is 10.6 Å². The number of carbonyl (C=O) groups is 1. The Morgan fingerprint density at radius 1 is 1.03 bits per heavy atom. The van der Waals surface area contributed by atoms with E-state index in [9.17, 15) is 18.3 Å². The molecule has 0 aliphatic carbocycles. The molecule has 0 atom stereocenters. The highest BCUT2D eigenvalue weighted by Crippen LogP contribution is 2.37. The molecule has 1 heterocycles. The van der Waals surface area contributed by atoms with Crippen molar-refractivity contribution >= 4 is 54.1 Å². The minimum atomic E-state index is -3.53. The van der Waals surface area contributed by atoms with Crippen LogP contribution in [0.4, 0.5) is 11.4 Å². The highest BCUT2D eigenvalue weighted by atomic mass is 79.9. The number of hydrogen-bond donors (Lipinski definition) is 2. The quantitative estimate of drug-likeness (QED) is 0.278. The van der Waals surface area contributed by atoms with Crippen LogP contribution in [0.2, 0.25) is 0 Å². The normalized spacial score (nSPS) is 11.9. The molecule has 0 fully saturated rings. The fourth-order valence-corrected chi connectivity index (χ4v) is 4.83. The van der Waals surface area contributed by atoms with Crippen LogP contribution in [0.1, 0.15) is 27.0 Å². The lowest BCUT2D eigenvalue weighted by Crippen LogP contribution is -2.29. The third-order valence-corrected chi connectivity index (χ3v) is 7.29. The number of carbonyl (C=O) groups excluding carboxylic acids is 1. The molecule has 35 heavy (non-hydrogen) atoms. The van der Waals surface area contributed by atoms with Gasteiger partial charge in [0.25, 0.3) is 5.91 Å². The SMILES string of the molecule is Cc1ccc(N(Cc2ccc(C(=O)N=Nc3c(O)[nH]c4ccc(Br)cc34)cc2)S(C)(=O)=O)cc1C. The third-order valence-electron chi connectivity index (χ3n) is 5.66. The lowest BCUT2D eigenvalue weighted by molar-refractivity contribution is 0.0995. The van der Waals surface area contributed by atoms with Crippen LogP contribution in [-0.4, -0.2) is 30.7 Å². The van der Waals surface area contributed by atoms with Gasteiger partial charge in [0.05, 0.1) is 24.0 Å². The summed E-state index contributed by atoms with van der Waals surface area (Å²) in [6, 6.07) is 17.4. The van der Waals surface area contributed by atoms with E-state index in [-0.39, 0.29) is 23.7 Å². The van der Waals surface area contributed by atoms with Crippen molar-refractivity contribution in [3.05, 3.63) is 87.4 Å². The molecule has 0 unspecified atom stereocenters. The molecule has 0 spiro atoms. The Kier molecular flexibility index (Phi) is 6.77. The number of aromatic hydroxyl groups is 1. The molecule has 10 heteroatoms. The largest absolute Gasteiger partial charge is 0.493 e. The summed E-state index contributed by atoms with van der Waals surface area (Å²) in [5.74, 6) is -0.772. The van der Waals surface area contributed by atoms with Crippen molar-refractivity contribution in [2.45, 2.75) is 20.4 Å². The number of benzene rings is 3. The highest BCUT2D eigenvalue weighted by molar-refractivity contribution is 9.10. The third kappa shape index (κ3) is 5.44. The average Bonchev–Trinajstić information content (AvgIpc) is 3.11. The van der Waals surface area contributed by atoms with Gasteiger partial charge in [0.2, 0.25) is 15.9 Å². The molecule has 0 aliphatic rings. The van der Waals surface area contributed by atoms with Crippen LogP contribution in [0.5, 0.6) is 5.88 Å². The van der Waals surface area contributed by atoms with Crippen LogP contribution in [0.15, 0.2) is 75.4 Å². The maximum atomic E-state index is 12.6. The van der Waals surface area contributed by atoms with Gasteiger partial charge in [0.15, 0.2) is 5.69 Å². The van der Waals surface area contributed by atoms with Gasteiger partial charge in [-0.25, -0.2) is 8.42 Å². The molecule has 2 N–H and O–H groups in total. The number of halogens is 1. The van der Waals surface area contributed by atoms with Crippen molar-refractivity contribution in [1.82, 2.24) is 4.98 Å². The van der Waals surface area contributed by atoms with Gasteiger partial charge in [-0.15, -0.1) is 10.2 Å². The minimum absolute atomic E-state index is 0.120. The smallest absolute Gasteiger partial charge is 0.295 e. The number of aromatic nitrogens is 1. The van der Waals surface area contributed by atoms with Crippen LogP contribution < -0.4 is 4.31 Å². The van der Waals surface area contributed by atoms with Gasteiger partial charge >= 0.3 is 0 Å². The summed E-state index contributed by atoms with van der Waals surface area (Å²) in [4.78, 5) is 15.4. The number of fused-ring (bicyclic) bond motifs is 1. The Labute approximate surface area is 211 Å². The molecule has 4 aromatic rings. The van der Waals surface area contributed by atoms with E-state index in [0.29, 0.717) is 22.2 Å². The number of rotatable bonds is 6. The topological polar surface area (TPSA) is 115 Å². The second-order valence-electron chi connectivity index (χ2n) is 8.25. The molecule has 4 rings (SSSR count). The van der Waals surface area contributed by atoms with Crippen molar-refractivity contribution in [2.24, 2.45) is 10.2 Å². The van der Waals surface area contributed by atoms with Crippen LogP contribution in [0.25, 0.3) is 10.9 Å². The summed E-state index contributed by atoms with van der Waals surface area (Å²) < 4.78 is 27.1. The van der Waals surface area contributed by atoms with Gasteiger partial charge in [-0.2, -0.15) is 0 Å². The zero-order valence-corrected chi connectivity index (χ0v) is 21.7. The molecule has 180 valence electrons. The number of aromatic amines is 1. The van der Waals surface area contributed by atoms with E-state index in [1.807, 2.05) is 32.0 Å². The average molecular weight is 555 g/mol. The summed E-state index contributed by atoms with van der Waals surface area (Å²) >= 11 is 3.37. The Hall–Kier alpha value is -3.50. The number of hydrogen-bond acceptors (Lipinski definition) is 5. The molecule has 0 aliphatic heterocycles. The minimum Gasteiger partial charge on any atom is -0.493 e. The van der Waals surface area contributed by atoms with E-state index in [4.69, 9.17) is 0 Å². The van der Waals surface area contributed by atoms with E-state index in [0.717, 1.165) is 15.6 Å². The molecule has 8 nitrogen and oxygen atoms in total. The first kappa shape index (κ1) is 24.6. The predicted octanol–water partition coefficient (Wildman–Crippen LogP) is 6.14. The number of nitrogens with one attached hydrogen (secondary N) is 1. The number of azo groups is 1. The van der Waals surface area contributed by atoms with Gasteiger partial charge in [-0.1, -0.05) is 34.1 Å².